The summed E-state index contributed by atoms with van der Waals surface area (Å²) >= 11 is 0. The Hall–Kier alpha value is -1.79. The highest BCUT2D eigenvalue weighted by Gasteiger charge is 2.24. The SMILES string of the molecule is CC(C)C[C@H](NC(=O)OC(C)(C)C)C(=O)NCCC(=O)O. The van der Waals surface area contributed by atoms with Gasteiger partial charge in [0, 0.05) is 6.54 Å². The number of rotatable bonds is 7. The molecule has 0 radical (unpaired) electrons. The topological polar surface area (TPSA) is 105 Å². The molecule has 2 amide bonds. The third-order valence-electron chi connectivity index (χ3n) is 2.35. The molecule has 0 saturated carbocycles. The summed E-state index contributed by atoms with van der Waals surface area (Å²) in [7, 11) is 0. The molecule has 3 N–H and O–H groups in total. The van der Waals surface area contributed by atoms with Crippen LogP contribution in [0.4, 0.5) is 4.79 Å². The molecule has 0 aromatic heterocycles. The number of amides is 2. The fraction of sp³-hybridized carbons (Fsp3) is 0.786. The first-order valence-corrected chi connectivity index (χ1v) is 7.00. The van der Waals surface area contributed by atoms with Crippen LogP contribution in [0.25, 0.3) is 0 Å². The zero-order valence-corrected chi connectivity index (χ0v) is 13.4. The molecular weight excluding hydrogens is 276 g/mol. The summed E-state index contributed by atoms with van der Waals surface area (Å²) in [6, 6.07) is -0.742. The zero-order valence-electron chi connectivity index (χ0n) is 13.4. The maximum absolute atomic E-state index is 12.0. The highest BCUT2D eigenvalue weighted by atomic mass is 16.6. The molecule has 7 heteroatoms. The first-order valence-electron chi connectivity index (χ1n) is 7.00. The van der Waals surface area contributed by atoms with Gasteiger partial charge in [0.15, 0.2) is 0 Å². The van der Waals surface area contributed by atoms with Crippen molar-refractivity contribution >= 4 is 18.0 Å². The van der Waals surface area contributed by atoms with Gasteiger partial charge in [-0.1, -0.05) is 13.8 Å². The van der Waals surface area contributed by atoms with E-state index in [0.29, 0.717) is 6.42 Å². The number of carboxylic acid groups (broad SMARTS) is 1. The molecule has 0 aliphatic heterocycles. The lowest BCUT2D eigenvalue weighted by Crippen LogP contribution is -2.49. The molecule has 0 aromatic rings. The van der Waals surface area contributed by atoms with Gasteiger partial charge in [-0.25, -0.2) is 4.79 Å². The smallest absolute Gasteiger partial charge is 0.408 e. The highest BCUT2D eigenvalue weighted by Crippen LogP contribution is 2.09. The molecule has 21 heavy (non-hydrogen) atoms. The van der Waals surface area contributed by atoms with Crippen molar-refractivity contribution in [2.24, 2.45) is 5.92 Å². The van der Waals surface area contributed by atoms with Crippen LogP contribution in [0, 0.1) is 5.92 Å². The molecule has 0 aromatic carbocycles. The predicted molar refractivity (Wildman–Crippen MR) is 77.9 cm³/mol. The minimum atomic E-state index is -0.990. The van der Waals surface area contributed by atoms with Crippen LogP contribution in [0.3, 0.4) is 0 Å². The van der Waals surface area contributed by atoms with E-state index in [4.69, 9.17) is 9.84 Å². The summed E-state index contributed by atoms with van der Waals surface area (Å²) < 4.78 is 5.12. The molecule has 0 bridgehead atoms. The van der Waals surface area contributed by atoms with Crippen molar-refractivity contribution in [1.29, 1.82) is 0 Å². The van der Waals surface area contributed by atoms with E-state index in [2.05, 4.69) is 10.6 Å². The number of carboxylic acids is 1. The van der Waals surface area contributed by atoms with Gasteiger partial charge in [-0.3, -0.25) is 9.59 Å². The van der Waals surface area contributed by atoms with Crippen molar-refractivity contribution in [3.63, 3.8) is 0 Å². The Kier molecular flexibility index (Phi) is 7.76. The fourth-order valence-corrected chi connectivity index (χ4v) is 1.57. The molecule has 0 unspecified atom stereocenters. The second-order valence-electron chi connectivity index (χ2n) is 6.26. The number of carbonyl (C=O) groups excluding carboxylic acids is 2. The number of hydrogen-bond acceptors (Lipinski definition) is 4. The van der Waals surface area contributed by atoms with Crippen molar-refractivity contribution in [3.8, 4) is 0 Å². The van der Waals surface area contributed by atoms with Gasteiger partial charge in [0.05, 0.1) is 6.42 Å². The van der Waals surface area contributed by atoms with Gasteiger partial charge in [0.1, 0.15) is 11.6 Å². The minimum Gasteiger partial charge on any atom is -0.481 e. The highest BCUT2D eigenvalue weighted by molar-refractivity contribution is 5.85. The second-order valence-corrected chi connectivity index (χ2v) is 6.26. The molecule has 0 rings (SSSR count). The lowest BCUT2D eigenvalue weighted by atomic mass is 10.0. The summed E-state index contributed by atoms with van der Waals surface area (Å²) in [6.45, 7) is 9.08. The molecular formula is C14H26N2O5. The van der Waals surface area contributed by atoms with E-state index in [1.165, 1.54) is 0 Å². The van der Waals surface area contributed by atoms with E-state index in [9.17, 15) is 14.4 Å². The van der Waals surface area contributed by atoms with Crippen molar-refractivity contribution in [3.05, 3.63) is 0 Å². The van der Waals surface area contributed by atoms with Gasteiger partial charge in [-0.05, 0) is 33.1 Å². The second kappa shape index (κ2) is 8.49. The summed E-state index contributed by atoms with van der Waals surface area (Å²) in [5.74, 6) is -1.21. The largest absolute Gasteiger partial charge is 0.481 e. The number of nitrogens with one attached hydrogen (secondary N) is 2. The van der Waals surface area contributed by atoms with Crippen LogP contribution in [0.15, 0.2) is 0 Å². The first-order chi connectivity index (χ1) is 9.51. The number of aliphatic carboxylic acids is 1. The molecule has 122 valence electrons. The van der Waals surface area contributed by atoms with Crippen LogP contribution in [-0.4, -0.2) is 41.3 Å². The average molecular weight is 302 g/mol. The monoisotopic (exact) mass is 302 g/mol. The van der Waals surface area contributed by atoms with E-state index in [0.717, 1.165) is 0 Å². The lowest BCUT2D eigenvalue weighted by Gasteiger charge is -2.24. The van der Waals surface area contributed by atoms with Crippen LogP contribution < -0.4 is 10.6 Å². The predicted octanol–water partition coefficient (Wildman–Crippen LogP) is 1.52. The van der Waals surface area contributed by atoms with Crippen molar-refractivity contribution in [2.75, 3.05) is 6.54 Å². The van der Waals surface area contributed by atoms with Crippen LogP contribution >= 0.6 is 0 Å². The van der Waals surface area contributed by atoms with E-state index in [1.54, 1.807) is 20.8 Å². The lowest BCUT2D eigenvalue weighted by molar-refractivity contribution is -0.137. The molecule has 0 saturated heterocycles. The number of ether oxygens (including phenoxy) is 1. The Labute approximate surface area is 125 Å². The van der Waals surface area contributed by atoms with Gasteiger partial charge in [-0.2, -0.15) is 0 Å². The molecule has 0 spiro atoms. The normalized spacial score (nSPS) is 12.7. The molecule has 0 aliphatic carbocycles. The maximum Gasteiger partial charge on any atom is 0.408 e. The Morgan fingerprint density at radius 2 is 1.76 bits per heavy atom. The Bertz CT molecular complexity index is 374. The van der Waals surface area contributed by atoms with E-state index >= 15 is 0 Å². The molecule has 0 aliphatic rings. The zero-order chi connectivity index (χ0) is 16.6. The summed E-state index contributed by atoms with van der Waals surface area (Å²) in [5, 5.41) is 13.6. The quantitative estimate of drug-likeness (QED) is 0.661. The van der Waals surface area contributed by atoms with E-state index in [1.807, 2.05) is 13.8 Å². The van der Waals surface area contributed by atoms with Gasteiger partial charge in [-0.15, -0.1) is 0 Å². The van der Waals surface area contributed by atoms with Crippen molar-refractivity contribution in [1.82, 2.24) is 10.6 Å². The van der Waals surface area contributed by atoms with Crippen molar-refractivity contribution in [2.45, 2.75) is 59.1 Å². The van der Waals surface area contributed by atoms with Crippen LogP contribution in [0.5, 0.6) is 0 Å². The Morgan fingerprint density at radius 3 is 2.19 bits per heavy atom. The number of alkyl carbamates (subject to hydrolysis) is 1. The third kappa shape index (κ3) is 10.6. The van der Waals surface area contributed by atoms with Crippen molar-refractivity contribution < 1.29 is 24.2 Å². The summed E-state index contributed by atoms with van der Waals surface area (Å²) in [6.07, 6.45) is -0.383. The van der Waals surface area contributed by atoms with E-state index < -0.39 is 29.6 Å². The number of carbonyl (C=O) groups is 3. The van der Waals surface area contributed by atoms with Crippen LogP contribution in [-0.2, 0) is 14.3 Å². The van der Waals surface area contributed by atoms with Crippen LogP contribution in [0.1, 0.15) is 47.5 Å². The van der Waals surface area contributed by atoms with Gasteiger partial charge in [0.25, 0.3) is 0 Å². The summed E-state index contributed by atoms with van der Waals surface area (Å²) in [4.78, 5) is 34.1. The van der Waals surface area contributed by atoms with Gasteiger partial charge >= 0.3 is 12.1 Å². The standard InChI is InChI=1S/C14H26N2O5/c1-9(2)8-10(12(19)15-7-6-11(17)18)16-13(20)21-14(3,4)5/h9-10H,6-8H2,1-5H3,(H,15,19)(H,16,20)(H,17,18)/t10-/m0/s1. The van der Waals surface area contributed by atoms with E-state index in [-0.39, 0.29) is 18.9 Å². The Morgan fingerprint density at radius 1 is 1.19 bits per heavy atom. The Balaban J connectivity index is 4.53. The molecule has 7 nitrogen and oxygen atoms in total. The fourth-order valence-electron chi connectivity index (χ4n) is 1.57. The third-order valence-corrected chi connectivity index (χ3v) is 2.35. The molecule has 1 atom stereocenters. The molecule has 0 heterocycles. The maximum atomic E-state index is 12.0. The van der Waals surface area contributed by atoms with Gasteiger partial charge in [0.2, 0.25) is 5.91 Å². The average Bonchev–Trinajstić information content (AvgIpc) is 2.23. The van der Waals surface area contributed by atoms with Crippen LogP contribution in [0.2, 0.25) is 0 Å². The number of hydrogen-bond donors (Lipinski definition) is 3. The van der Waals surface area contributed by atoms with Gasteiger partial charge < -0.3 is 20.5 Å². The molecule has 0 fully saturated rings. The first kappa shape index (κ1) is 19.2. The summed E-state index contributed by atoms with van der Waals surface area (Å²) in [5.41, 5.74) is -0.647. The minimum absolute atomic E-state index is 0.0265.